The van der Waals surface area contributed by atoms with E-state index in [2.05, 4.69) is 32.1 Å². The van der Waals surface area contributed by atoms with Gasteiger partial charge in [0, 0.05) is 6.92 Å². The summed E-state index contributed by atoms with van der Waals surface area (Å²) in [5.74, 6) is 2.50. The predicted molar refractivity (Wildman–Crippen MR) is 49.9 cm³/mol. The van der Waals surface area contributed by atoms with Gasteiger partial charge in [-0.2, -0.15) is 0 Å². The molecule has 0 spiro atoms. The van der Waals surface area contributed by atoms with Crippen LogP contribution in [0, 0.1) is 12.0 Å². The SMILES string of the molecule is CC#COBr.c1ccccc1. The second-order valence-electron chi connectivity index (χ2n) is 1.58. The Labute approximate surface area is 75.8 Å². The topological polar surface area (TPSA) is 9.23 Å². The molecular weight excluding hydrogens is 204 g/mol. The summed E-state index contributed by atoms with van der Waals surface area (Å²) in [6.07, 6.45) is 2.28. The molecule has 0 radical (unpaired) electrons. The van der Waals surface area contributed by atoms with E-state index in [4.69, 9.17) is 0 Å². The van der Waals surface area contributed by atoms with Crippen molar-refractivity contribution in [2.24, 2.45) is 0 Å². The molecule has 0 amide bonds. The minimum Gasteiger partial charge on any atom is -0.367 e. The maximum Gasteiger partial charge on any atom is 0.193 e. The van der Waals surface area contributed by atoms with Crippen molar-refractivity contribution in [1.29, 1.82) is 0 Å². The highest BCUT2D eigenvalue weighted by atomic mass is 79.9. The second-order valence-corrected chi connectivity index (χ2v) is 1.91. The molecule has 0 atom stereocenters. The second kappa shape index (κ2) is 9.06. The van der Waals surface area contributed by atoms with Crippen LogP contribution in [0.2, 0.25) is 0 Å². The Morgan fingerprint density at radius 3 is 1.45 bits per heavy atom. The molecule has 0 fully saturated rings. The van der Waals surface area contributed by atoms with Gasteiger partial charge < -0.3 is 3.83 Å². The van der Waals surface area contributed by atoms with Gasteiger partial charge in [-0.25, -0.2) is 0 Å². The van der Waals surface area contributed by atoms with Gasteiger partial charge in [-0.1, -0.05) is 42.3 Å². The van der Waals surface area contributed by atoms with E-state index in [-0.39, 0.29) is 0 Å². The van der Waals surface area contributed by atoms with Gasteiger partial charge in [0.15, 0.2) is 16.3 Å². The average Bonchev–Trinajstić information content (AvgIpc) is 2.10. The highest BCUT2D eigenvalue weighted by Crippen LogP contribution is 1.79. The molecule has 0 bridgehead atoms. The van der Waals surface area contributed by atoms with Gasteiger partial charge in [-0.15, -0.1) is 0 Å². The summed E-state index contributed by atoms with van der Waals surface area (Å²) < 4.78 is 4.14. The van der Waals surface area contributed by atoms with Crippen LogP contribution in [0.5, 0.6) is 0 Å². The molecule has 11 heavy (non-hydrogen) atoms. The van der Waals surface area contributed by atoms with Gasteiger partial charge in [-0.3, -0.25) is 0 Å². The number of hydrogen-bond acceptors (Lipinski definition) is 1. The molecule has 0 N–H and O–H groups in total. The Morgan fingerprint density at radius 2 is 1.36 bits per heavy atom. The molecule has 1 rings (SSSR count). The Morgan fingerprint density at radius 1 is 1.00 bits per heavy atom. The molecule has 0 unspecified atom stereocenters. The fourth-order valence-corrected chi connectivity index (χ4v) is 0.585. The van der Waals surface area contributed by atoms with Crippen molar-refractivity contribution in [3.63, 3.8) is 0 Å². The summed E-state index contributed by atoms with van der Waals surface area (Å²) in [6.45, 7) is 1.70. The van der Waals surface area contributed by atoms with Crippen LogP contribution in [-0.4, -0.2) is 0 Å². The van der Waals surface area contributed by atoms with Crippen LogP contribution in [0.3, 0.4) is 0 Å². The maximum atomic E-state index is 4.14. The van der Waals surface area contributed by atoms with Gasteiger partial charge in [-0.05, 0) is 0 Å². The van der Waals surface area contributed by atoms with Gasteiger partial charge in [0.2, 0.25) is 0 Å². The number of rotatable bonds is 0. The third kappa shape index (κ3) is 9.06. The van der Waals surface area contributed by atoms with Crippen LogP contribution in [0.15, 0.2) is 36.4 Å². The van der Waals surface area contributed by atoms with E-state index < -0.39 is 0 Å². The Bertz CT molecular complexity index is 183. The normalized spacial score (nSPS) is 6.36. The first kappa shape index (κ1) is 10.1. The number of halogens is 1. The minimum absolute atomic E-state index is 1.70. The zero-order valence-corrected chi connectivity index (χ0v) is 7.84. The monoisotopic (exact) mass is 212 g/mol. The molecule has 0 aliphatic carbocycles. The van der Waals surface area contributed by atoms with E-state index >= 15 is 0 Å². The lowest BCUT2D eigenvalue weighted by Gasteiger charge is -1.69. The molecular formula is C9H9BrO. The highest BCUT2D eigenvalue weighted by Gasteiger charge is 1.57. The third-order valence-corrected chi connectivity index (χ3v) is 0.969. The lowest BCUT2D eigenvalue weighted by Crippen LogP contribution is -1.47. The Balaban J connectivity index is 0.000000187. The average molecular weight is 213 g/mol. The lowest BCUT2D eigenvalue weighted by atomic mass is 10.4. The van der Waals surface area contributed by atoms with Crippen LogP contribution >= 0.6 is 16.3 Å². The molecule has 0 aliphatic heterocycles. The van der Waals surface area contributed by atoms with E-state index in [0.29, 0.717) is 0 Å². The lowest BCUT2D eigenvalue weighted by molar-refractivity contribution is 0.644. The quantitative estimate of drug-likeness (QED) is 0.602. The van der Waals surface area contributed by atoms with Gasteiger partial charge in [0.1, 0.15) is 6.11 Å². The van der Waals surface area contributed by atoms with Crippen molar-refractivity contribution < 1.29 is 3.83 Å². The third-order valence-electron chi connectivity index (χ3n) is 0.807. The number of benzene rings is 1. The highest BCUT2D eigenvalue weighted by molar-refractivity contribution is 9.06. The van der Waals surface area contributed by atoms with Crippen molar-refractivity contribution in [2.45, 2.75) is 6.92 Å². The maximum absolute atomic E-state index is 4.14. The number of hydrogen-bond donors (Lipinski definition) is 0. The molecule has 0 saturated carbocycles. The molecule has 2 heteroatoms. The summed E-state index contributed by atoms with van der Waals surface area (Å²) in [5, 5.41) is 0. The summed E-state index contributed by atoms with van der Waals surface area (Å²) in [4.78, 5) is 0. The van der Waals surface area contributed by atoms with Gasteiger partial charge in [0.05, 0.1) is 0 Å². The van der Waals surface area contributed by atoms with E-state index in [1.54, 1.807) is 6.92 Å². The zero-order valence-electron chi connectivity index (χ0n) is 6.25. The first-order valence-electron chi connectivity index (χ1n) is 3.11. The van der Waals surface area contributed by atoms with Gasteiger partial charge >= 0.3 is 0 Å². The van der Waals surface area contributed by atoms with Crippen LogP contribution in [-0.2, 0) is 3.83 Å². The molecule has 1 aromatic rings. The summed E-state index contributed by atoms with van der Waals surface area (Å²) in [6, 6.07) is 12.0. The first-order chi connectivity index (χ1) is 5.41. The van der Waals surface area contributed by atoms with Gasteiger partial charge in [0.25, 0.3) is 0 Å². The van der Waals surface area contributed by atoms with Crippen molar-refractivity contribution in [3.8, 4) is 12.0 Å². The molecule has 0 heterocycles. The Hall–Kier alpha value is -0.940. The summed E-state index contributed by atoms with van der Waals surface area (Å²) in [5.41, 5.74) is 0. The standard InChI is InChI=1S/C6H6.C3H3BrO/c1-2-4-6-5-3-1;1-2-3-5-4/h1-6H;1H3. The first-order valence-corrected chi connectivity index (χ1v) is 3.76. The van der Waals surface area contributed by atoms with Crippen LogP contribution in [0.4, 0.5) is 0 Å². The fourth-order valence-electron chi connectivity index (χ4n) is 0.423. The molecule has 1 aromatic carbocycles. The minimum atomic E-state index is 1.70. The molecule has 0 aromatic heterocycles. The summed E-state index contributed by atoms with van der Waals surface area (Å²) in [7, 11) is 0. The van der Waals surface area contributed by atoms with E-state index in [1.807, 2.05) is 36.4 Å². The van der Waals surface area contributed by atoms with Crippen molar-refractivity contribution >= 4 is 16.3 Å². The largest absolute Gasteiger partial charge is 0.367 e. The van der Waals surface area contributed by atoms with Crippen LogP contribution in [0.1, 0.15) is 6.92 Å². The molecule has 0 aliphatic rings. The van der Waals surface area contributed by atoms with Crippen molar-refractivity contribution in [2.75, 3.05) is 0 Å². The predicted octanol–water partition coefficient (Wildman–Crippen LogP) is 2.98. The molecule has 1 nitrogen and oxygen atoms in total. The fraction of sp³-hybridized carbons (Fsp3) is 0.111. The Kier molecular flexibility index (Phi) is 8.29. The van der Waals surface area contributed by atoms with Crippen molar-refractivity contribution in [3.05, 3.63) is 36.4 Å². The summed E-state index contributed by atoms with van der Waals surface area (Å²) >= 11 is 2.64. The van der Waals surface area contributed by atoms with Crippen molar-refractivity contribution in [1.82, 2.24) is 0 Å². The van der Waals surface area contributed by atoms with E-state index in [1.165, 1.54) is 0 Å². The smallest absolute Gasteiger partial charge is 0.193 e. The molecule has 58 valence electrons. The van der Waals surface area contributed by atoms with Crippen LogP contribution < -0.4 is 0 Å². The van der Waals surface area contributed by atoms with Crippen LogP contribution in [0.25, 0.3) is 0 Å². The zero-order chi connectivity index (χ0) is 8.36. The van der Waals surface area contributed by atoms with E-state index in [9.17, 15) is 0 Å². The molecule has 0 saturated heterocycles. The van der Waals surface area contributed by atoms with E-state index in [0.717, 1.165) is 0 Å².